The molecule has 0 atom stereocenters. The summed E-state index contributed by atoms with van der Waals surface area (Å²) in [5, 5.41) is 6.90. The van der Waals surface area contributed by atoms with Crippen LogP contribution in [0.4, 0.5) is 0 Å². The molecule has 0 saturated carbocycles. The first-order valence-electron chi connectivity index (χ1n) is 10.5. The Morgan fingerprint density at radius 1 is 1.09 bits per heavy atom. The lowest BCUT2D eigenvalue weighted by molar-refractivity contribution is 0.393. The minimum absolute atomic E-state index is 0.635. The Morgan fingerprint density at radius 3 is 2.70 bits per heavy atom. The molecule has 9 heteroatoms. The number of aromatic amines is 1. The maximum absolute atomic E-state index is 6.57. The normalized spacial score (nSPS) is 11.8. The van der Waals surface area contributed by atoms with Gasteiger partial charge in [-0.2, -0.15) is 0 Å². The van der Waals surface area contributed by atoms with Gasteiger partial charge in [-0.1, -0.05) is 5.16 Å². The lowest BCUT2D eigenvalue weighted by Gasteiger charge is -2.10. The number of benzene rings is 1. The molecule has 0 fully saturated rings. The number of nitrogens with zero attached hydrogens (tertiary/aromatic N) is 5. The molecular formula is C24H21N7O2. The number of nitrogens with one attached hydrogen (secondary N) is 1. The molecule has 6 aromatic rings. The highest BCUT2D eigenvalue weighted by Gasteiger charge is 2.23. The predicted molar refractivity (Wildman–Crippen MR) is 127 cm³/mol. The first kappa shape index (κ1) is 19.3. The Balaban J connectivity index is 1.74. The van der Waals surface area contributed by atoms with Crippen LogP contribution in [0.2, 0.25) is 0 Å². The monoisotopic (exact) mass is 439 g/mol. The maximum Gasteiger partial charge on any atom is 0.163 e. The van der Waals surface area contributed by atoms with Crippen molar-refractivity contribution in [3.8, 4) is 28.1 Å². The summed E-state index contributed by atoms with van der Waals surface area (Å²) in [6.07, 6.45) is 5.14. The van der Waals surface area contributed by atoms with Gasteiger partial charge in [0.25, 0.3) is 0 Å². The van der Waals surface area contributed by atoms with Gasteiger partial charge in [0.1, 0.15) is 17.8 Å². The highest BCUT2D eigenvalue weighted by Crippen LogP contribution is 2.43. The minimum atomic E-state index is 0.635. The number of hydrogen-bond acceptors (Lipinski definition) is 7. The third-order valence-corrected chi connectivity index (χ3v) is 6.23. The van der Waals surface area contributed by atoms with Crippen LogP contribution < -0.4 is 10.6 Å². The molecule has 0 spiro atoms. The van der Waals surface area contributed by atoms with Crippen LogP contribution in [0.15, 0.2) is 41.4 Å². The average Bonchev–Trinajstić information content (AvgIpc) is 3.43. The van der Waals surface area contributed by atoms with Crippen molar-refractivity contribution in [3.05, 3.63) is 54.1 Å². The van der Waals surface area contributed by atoms with Gasteiger partial charge in [0.05, 0.1) is 46.7 Å². The number of methoxy groups -OCH3 is 1. The molecule has 0 aliphatic rings. The minimum Gasteiger partial charge on any atom is -0.496 e. The third kappa shape index (κ3) is 2.59. The van der Waals surface area contributed by atoms with Crippen LogP contribution in [0.1, 0.15) is 17.1 Å². The van der Waals surface area contributed by atoms with Gasteiger partial charge >= 0.3 is 0 Å². The topological polar surface area (TPSA) is 121 Å². The smallest absolute Gasteiger partial charge is 0.163 e. The summed E-state index contributed by atoms with van der Waals surface area (Å²) in [5.74, 6) is 7.98. The molecule has 3 N–H and O–H groups in total. The van der Waals surface area contributed by atoms with Crippen LogP contribution >= 0.6 is 0 Å². The van der Waals surface area contributed by atoms with E-state index < -0.39 is 0 Å². The number of nitrogen functional groups attached to an aromatic ring is 1. The van der Waals surface area contributed by atoms with Crippen LogP contribution in [-0.2, 0) is 0 Å². The van der Waals surface area contributed by atoms with Crippen LogP contribution in [0.3, 0.4) is 0 Å². The van der Waals surface area contributed by atoms with Gasteiger partial charge < -0.3 is 20.1 Å². The molecule has 0 radical (unpaired) electrons. The number of pyridine rings is 1. The molecule has 9 nitrogen and oxygen atoms in total. The van der Waals surface area contributed by atoms with Gasteiger partial charge in [-0.05, 0) is 39.0 Å². The lowest BCUT2D eigenvalue weighted by atomic mass is 9.99. The molecule has 5 aromatic heterocycles. The number of ether oxygens (including phenoxy) is 1. The zero-order valence-corrected chi connectivity index (χ0v) is 18.6. The Bertz CT molecular complexity index is 1690. The highest BCUT2D eigenvalue weighted by molar-refractivity contribution is 6.16. The SMILES string of the molecule is COc1cc2c3c(-c4c(C)[nH]c5cnccc45)ncnc3n(N)c2cc1-c1c(C)noc1C. The van der Waals surface area contributed by atoms with Crippen molar-refractivity contribution in [1.82, 2.24) is 29.8 Å². The van der Waals surface area contributed by atoms with E-state index in [1.807, 2.05) is 45.2 Å². The Kier molecular flexibility index (Phi) is 3.97. The number of nitrogens with two attached hydrogens (primary N) is 1. The molecule has 1 aromatic carbocycles. The van der Waals surface area contributed by atoms with Crippen LogP contribution in [0, 0.1) is 20.8 Å². The molecule has 164 valence electrons. The summed E-state index contributed by atoms with van der Waals surface area (Å²) in [4.78, 5) is 16.8. The van der Waals surface area contributed by atoms with E-state index in [1.165, 1.54) is 0 Å². The number of aryl methyl sites for hydroxylation is 3. The Hall–Kier alpha value is -4.40. The average molecular weight is 439 g/mol. The number of fused-ring (bicyclic) bond motifs is 4. The Morgan fingerprint density at radius 2 is 1.94 bits per heavy atom. The van der Waals surface area contributed by atoms with E-state index in [4.69, 9.17) is 20.1 Å². The molecule has 0 amide bonds. The fraction of sp³-hybridized carbons (Fsp3) is 0.167. The van der Waals surface area contributed by atoms with E-state index in [0.29, 0.717) is 17.2 Å². The summed E-state index contributed by atoms with van der Waals surface area (Å²) >= 11 is 0. The van der Waals surface area contributed by atoms with Crippen molar-refractivity contribution in [1.29, 1.82) is 0 Å². The standard InChI is InChI=1S/C24H21N7O2/c1-11-21(14-5-6-26-9-17(14)29-11)23-22-15-8-19(32-4)16(20-12(2)30-33-13(20)3)7-18(15)31(25)24(22)28-10-27-23/h5-10,29H,25H2,1-4H3. The number of aromatic nitrogens is 6. The van der Waals surface area contributed by atoms with E-state index in [9.17, 15) is 0 Å². The lowest BCUT2D eigenvalue weighted by Crippen LogP contribution is -2.08. The maximum atomic E-state index is 6.57. The summed E-state index contributed by atoms with van der Waals surface area (Å²) in [5.41, 5.74) is 7.73. The van der Waals surface area contributed by atoms with E-state index in [2.05, 4.69) is 20.1 Å². The van der Waals surface area contributed by atoms with Gasteiger partial charge in [-0.15, -0.1) is 0 Å². The fourth-order valence-electron chi connectivity index (χ4n) is 4.79. The fourth-order valence-corrected chi connectivity index (χ4v) is 4.79. The molecule has 0 aliphatic carbocycles. The number of rotatable bonds is 3. The van der Waals surface area contributed by atoms with E-state index in [0.717, 1.165) is 61.0 Å². The summed E-state index contributed by atoms with van der Waals surface area (Å²) in [6.45, 7) is 5.82. The van der Waals surface area contributed by atoms with Gasteiger partial charge in [-0.25, -0.2) is 14.6 Å². The summed E-state index contributed by atoms with van der Waals surface area (Å²) in [6, 6.07) is 5.97. The zero-order valence-electron chi connectivity index (χ0n) is 18.6. The van der Waals surface area contributed by atoms with E-state index >= 15 is 0 Å². The Labute approximate surface area is 188 Å². The number of hydrogen-bond donors (Lipinski definition) is 2. The van der Waals surface area contributed by atoms with Crippen molar-refractivity contribution in [2.75, 3.05) is 13.0 Å². The van der Waals surface area contributed by atoms with E-state index in [1.54, 1.807) is 24.3 Å². The van der Waals surface area contributed by atoms with Gasteiger partial charge in [0, 0.05) is 33.8 Å². The zero-order chi connectivity index (χ0) is 22.9. The molecule has 33 heavy (non-hydrogen) atoms. The van der Waals surface area contributed by atoms with Gasteiger partial charge in [0.2, 0.25) is 0 Å². The molecule has 0 bridgehead atoms. The van der Waals surface area contributed by atoms with Crippen LogP contribution in [0.5, 0.6) is 5.75 Å². The van der Waals surface area contributed by atoms with Gasteiger partial charge in [0.15, 0.2) is 5.65 Å². The quantitative estimate of drug-likeness (QED) is 0.391. The van der Waals surface area contributed by atoms with E-state index in [-0.39, 0.29) is 0 Å². The molecule has 0 unspecified atom stereocenters. The molecular weight excluding hydrogens is 418 g/mol. The number of H-pyrrole nitrogens is 1. The van der Waals surface area contributed by atoms with Crippen molar-refractivity contribution in [3.63, 3.8) is 0 Å². The second kappa shape index (κ2) is 6.80. The second-order valence-electron chi connectivity index (χ2n) is 8.11. The van der Waals surface area contributed by atoms with Crippen LogP contribution in [-0.4, -0.2) is 36.9 Å². The van der Waals surface area contributed by atoms with Crippen molar-refractivity contribution < 1.29 is 9.26 Å². The molecule has 5 heterocycles. The molecule has 6 rings (SSSR count). The first-order chi connectivity index (χ1) is 16.0. The second-order valence-corrected chi connectivity index (χ2v) is 8.11. The van der Waals surface area contributed by atoms with Gasteiger partial charge in [-0.3, -0.25) is 4.98 Å². The van der Waals surface area contributed by atoms with Crippen molar-refractivity contribution in [2.24, 2.45) is 0 Å². The van der Waals surface area contributed by atoms with Crippen molar-refractivity contribution in [2.45, 2.75) is 20.8 Å². The van der Waals surface area contributed by atoms with Crippen molar-refractivity contribution >= 4 is 32.8 Å². The highest BCUT2D eigenvalue weighted by atomic mass is 16.5. The summed E-state index contributed by atoms with van der Waals surface area (Å²) in [7, 11) is 1.65. The molecule has 0 saturated heterocycles. The predicted octanol–water partition coefficient (Wildman–Crippen LogP) is 4.43. The molecule has 0 aliphatic heterocycles. The summed E-state index contributed by atoms with van der Waals surface area (Å²) < 4.78 is 12.8. The van der Waals surface area contributed by atoms with Crippen LogP contribution in [0.25, 0.3) is 55.2 Å². The first-order valence-corrected chi connectivity index (χ1v) is 10.5. The largest absolute Gasteiger partial charge is 0.496 e. The third-order valence-electron chi connectivity index (χ3n) is 6.23.